The fourth-order valence-corrected chi connectivity index (χ4v) is 7.72. The van der Waals surface area contributed by atoms with Crippen LogP contribution in [0.15, 0.2) is 10.5 Å². The molecule has 4 atom stereocenters. The van der Waals surface area contributed by atoms with Crippen molar-refractivity contribution in [2.45, 2.75) is 88.6 Å². The Bertz CT molecular complexity index is 1480. The third-order valence-corrected chi connectivity index (χ3v) is 10.2. The minimum atomic E-state index is -0.821. The van der Waals surface area contributed by atoms with E-state index in [1.807, 2.05) is 25.7 Å². The molecule has 4 aliphatic heterocycles. The molecule has 1 aromatic heterocycles. The molecule has 4 saturated heterocycles. The van der Waals surface area contributed by atoms with Crippen LogP contribution in [-0.2, 0) is 9.47 Å². The summed E-state index contributed by atoms with van der Waals surface area (Å²) < 4.78 is 47.5. The minimum absolute atomic E-state index is 0.0144. The van der Waals surface area contributed by atoms with Gasteiger partial charge in [0.1, 0.15) is 36.0 Å². The van der Waals surface area contributed by atoms with Gasteiger partial charge in [-0.05, 0) is 87.8 Å². The van der Waals surface area contributed by atoms with E-state index in [0.717, 1.165) is 45.1 Å². The molecule has 0 spiro atoms. The van der Waals surface area contributed by atoms with Crippen LogP contribution in [0, 0.1) is 11.6 Å². The molecule has 0 aliphatic carbocycles. The number of carbonyl (C=O) groups excluding carboxylic acids is 2. The molecule has 5 heterocycles. The average molecular weight is 696 g/mol. The van der Waals surface area contributed by atoms with Gasteiger partial charge in [-0.1, -0.05) is 0 Å². The fraction of sp³-hybridized carbons (Fsp3) is 0.677. The summed E-state index contributed by atoms with van der Waals surface area (Å²) in [6, 6.07) is 1.10. The quantitative estimate of drug-likeness (QED) is 0.372. The molecule has 2 aromatic rings. The first-order chi connectivity index (χ1) is 21.3. The Hall–Kier alpha value is -3.00. The number of ether oxygens (including phenoxy) is 3. The van der Waals surface area contributed by atoms with Gasteiger partial charge >= 0.3 is 18.2 Å². The number of hydrogen-bond acceptors (Lipinski definition) is 9. The van der Waals surface area contributed by atoms with Crippen LogP contribution < -0.4 is 9.64 Å². The summed E-state index contributed by atoms with van der Waals surface area (Å²) in [4.78, 5) is 41.8. The highest BCUT2D eigenvalue weighted by Crippen LogP contribution is 2.43. The lowest BCUT2D eigenvalue weighted by molar-refractivity contribution is 0.0122. The van der Waals surface area contributed by atoms with Crippen LogP contribution in [0.1, 0.15) is 59.3 Å². The van der Waals surface area contributed by atoms with Crippen LogP contribution in [0.25, 0.3) is 10.9 Å². The predicted octanol–water partition coefficient (Wildman–Crippen LogP) is 5.33. The standard InChI is InChI=1S/C31H41BrF2N6O5/c1-30(2,3)45-29(42)40-18-7-8-19(40)15-38(14-18)26-21-13-22(33)23(32)24(34)25(21)35-27(36-26)44-17-31-10-6-12-39(31)20(9-11-31)16-43-28(41)37(4)5/h13,18-20H,6-12,14-17H2,1-5H3/t18-,19+,20?,31?. The monoisotopic (exact) mass is 694 g/mol. The number of benzene rings is 1. The van der Waals surface area contributed by atoms with Crippen LogP contribution >= 0.6 is 15.9 Å². The maximum Gasteiger partial charge on any atom is 0.410 e. The lowest BCUT2D eigenvalue weighted by Gasteiger charge is -2.42. The van der Waals surface area contributed by atoms with Crippen molar-refractivity contribution in [3.63, 3.8) is 0 Å². The molecule has 0 N–H and O–H groups in total. The summed E-state index contributed by atoms with van der Waals surface area (Å²) in [6.07, 6.45) is 4.49. The number of carbonyl (C=O) groups is 2. The molecule has 11 nitrogen and oxygen atoms in total. The molecule has 45 heavy (non-hydrogen) atoms. The highest BCUT2D eigenvalue weighted by Gasteiger charge is 2.50. The summed E-state index contributed by atoms with van der Waals surface area (Å²) in [5.41, 5.74) is -0.922. The Balaban J connectivity index is 1.25. The molecule has 6 rings (SSSR count). The number of fused-ring (bicyclic) bond motifs is 4. The van der Waals surface area contributed by atoms with Gasteiger partial charge in [0.15, 0.2) is 5.82 Å². The molecule has 2 amide bonds. The Morgan fingerprint density at radius 2 is 1.82 bits per heavy atom. The minimum Gasteiger partial charge on any atom is -0.461 e. The fourth-order valence-electron chi connectivity index (χ4n) is 7.42. The molecule has 4 fully saturated rings. The van der Waals surface area contributed by atoms with Gasteiger partial charge in [0.05, 0.1) is 22.1 Å². The SMILES string of the molecule is CN(C)C(=O)OCC1CCC2(COc3nc(N4C[C@H]5CC[C@@H](C4)N5C(=O)OC(C)(C)C)c4cc(F)c(Br)c(F)c4n3)CCCN12. The van der Waals surface area contributed by atoms with Gasteiger partial charge in [-0.15, -0.1) is 0 Å². The number of hydrogen-bond donors (Lipinski definition) is 0. The summed E-state index contributed by atoms with van der Waals surface area (Å²) >= 11 is 3.02. The molecule has 2 bridgehead atoms. The van der Waals surface area contributed by atoms with E-state index in [0.29, 0.717) is 25.5 Å². The number of anilines is 1. The van der Waals surface area contributed by atoms with Gasteiger partial charge in [0, 0.05) is 38.6 Å². The summed E-state index contributed by atoms with van der Waals surface area (Å²) in [6.45, 7) is 7.86. The molecule has 246 valence electrons. The van der Waals surface area contributed by atoms with E-state index in [-0.39, 0.29) is 63.8 Å². The molecular weight excluding hydrogens is 654 g/mol. The molecule has 14 heteroatoms. The molecular formula is C31H41BrF2N6O5. The van der Waals surface area contributed by atoms with Crippen LogP contribution in [-0.4, -0.2) is 113 Å². The normalized spacial score (nSPS) is 26.4. The van der Waals surface area contributed by atoms with Crippen molar-refractivity contribution in [3.8, 4) is 6.01 Å². The lowest BCUT2D eigenvalue weighted by atomic mass is 9.95. The van der Waals surface area contributed by atoms with Gasteiger partial charge < -0.3 is 24.0 Å². The maximum atomic E-state index is 15.5. The number of rotatable bonds is 6. The third kappa shape index (κ3) is 6.11. The highest BCUT2D eigenvalue weighted by atomic mass is 79.9. The second-order valence-electron chi connectivity index (χ2n) is 13.9. The molecule has 0 radical (unpaired) electrons. The predicted molar refractivity (Wildman–Crippen MR) is 166 cm³/mol. The van der Waals surface area contributed by atoms with Gasteiger partial charge in [-0.2, -0.15) is 9.97 Å². The number of piperazine rings is 1. The van der Waals surface area contributed by atoms with Crippen molar-refractivity contribution in [2.24, 2.45) is 0 Å². The van der Waals surface area contributed by atoms with Crippen molar-refractivity contribution in [3.05, 3.63) is 22.2 Å². The summed E-state index contributed by atoms with van der Waals surface area (Å²) in [7, 11) is 3.31. The summed E-state index contributed by atoms with van der Waals surface area (Å²) in [5, 5.41) is 0.245. The van der Waals surface area contributed by atoms with E-state index < -0.39 is 17.2 Å². The molecule has 0 saturated carbocycles. The van der Waals surface area contributed by atoms with Crippen molar-refractivity contribution in [1.29, 1.82) is 0 Å². The zero-order valence-corrected chi connectivity index (χ0v) is 28.0. The number of nitrogens with zero attached hydrogens (tertiary/aromatic N) is 6. The zero-order chi connectivity index (χ0) is 32.3. The van der Waals surface area contributed by atoms with Crippen molar-refractivity contribution >= 4 is 44.8 Å². The number of halogens is 3. The van der Waals surface area contributed by atoms with Gasteiger partial charge in [0.2, 0.25) is 0 Å². The number of aromatic nitrogens is 2. The van der Waals surface area contributed by atoms with Gasteiger partial charge in [0.25, 0.3) is 0 Å². The van der Waals surface area contributed by atoms with E-state index in [9.17, 15) is 14.0 Å². The van der Waals surface area contributed by atoms with Crippen LogP contribution in [0.2, 0.25) is 0 Å². The van der Waals surface area contributed by atoms with E-state index in [2.05, 4.69) is 25.8 Å². The highest BCUT2D eigenvalue weighted by molar-refractivity contribution is 9.10. The third-order valence-electron chi connectivity index (χ3n) is 9.44. The van der Waals surface area contributed by atoms with Crippen molar-refractivity contribution in [2.75, 3.05) is 51.8 Å². The molecule has 2 unspecified atom stereocenters. The van der Waals surface area contributed by atoms with Crippen molar-refractivity contribution < 1.29 is 32.6 Å². The van der Waals surface area contributed by atoms with Crippen LogP contribution in [0.5, 0.6) is 6.01 Å². The topological polar surface area (TPSA) is 101 Å². The summed E-state index contributed by atoms with van der Waals surface area (Å²) in [5.74, 6) is -1.19. The smallest absolute Gasteiger partial charge is 0.410 e. The first-order valence-electron chi connectivity index (χ1n) is 15.6. The number of amides is 2. The van der Waals surface area contributed by atoms with Gasteiger partial charge in [-0.3, -0.25) is 9.80 Å². The second kappa shape index (κ2) is 12.0. The Labute approximate surface area is 270 Å². The Kier molecular flexibility index (Phi) is 8.51. The van der Waals surface area contributed by atoms with E-state index >= 15 is 4.39 Å². The largest absolute Gasteiger partial charge is 0.461 e. The van der Waals surface area contributed by atoms with Crippen molar-refractivity contribution in [1.82, 2.24) is 24.7 Å². The average Bonchev–Trinajstić information content (AvgIpc) is 3.62. The van der Waals surface area contributed by atoms with Crippen LogP contribution in [0.4, 0.5) is 24.2 Å². The Morgan fingerprint density at radius 1 is 1.11 bits per heavy atom. The van der Waals surface area contributed by atoms with Gasteiger partial charge in [-0.25, -0.2) is 18.4 Å². The van der Waals surface area contributed by atoms with E-state index in [1.54, 1.807) is 19.0 Å². The lowest BCUT2D eigenvalue weighted by Crippen LogP contribution is -2.57. The first kappa shape index (κ1) is 32.0. The zero-order valence-electron chi connectivity index (χ0n) is 26.4. The first-order valence-corrected chi connectivity index (χ1v) is 16.4. The van der Waals surface area contributed by atoms with E-state index in [4.69, 9.17) is 19.2 Å². The molecule has 1 aromatic carbocycles. The maximum absolute atomic E-state index is 15.5. The molecule has 4 aliphatic rings. The van der Waals surface area contributed by atoms with Crippen LogP contribution in [0.3, 0.4) is 0 Å². The van der Waals surface area contributed by atoms with E-state index in [1.165, 1.54) is 11.0 Å². The Morgan fingerprint density at radius 3 is 2.49 bits per heavy atom. The second-order valence-corrected chi connectivity index (χ2v) is 14.7.